The molecule has 1 aliphatic rings. The van der Waals surface area contributed by atoms with E-state index in [1.807, 2.05) is 91.0 Å². The van der Waals surface area contributed by atoms with Crippen LogP contribution in [0.4, 0.5) is 0 Å². The van der Waals surface area contributed by atoms with Gasteiger partial charge >= 0.3 is 0 Å². The predicted octanol–water partition coefficient (Wildman–Crippen LogP) is 5.49. The second-order valence-electron chi connectivity index (χ2n) is 7.56. The highest BCUT2D eigenvalue weighted by atomic mass is 16.5. The fraction of sp³-hybridized carbons (Fsp3) is 0.0667. The Hall–Kier alpha value is -4.44. The maximum Gasteiger partial charge on any atom is 0.185 e. The normalized spacial score (nSPS) is 15.5. The Labute approximate surface area is 193 Å². The van der Waals surface area contributed by atoms with Crippen molar-refractivity contribution in [2.75, 3.05) is 7.11 Å². The molecular formula is C30H20O3. The van der Waals surface area contributed by atoms with Crippen LogP contribution in [0, 0.1) is 23.7 Å². The lowest BCUT2D eigenvalue weighted by atomic mass is 9.81. The Morgan fingerprint density at radius 3 is 2.06 bits per heavy atom. The van der Waals surface area contributed by atoms with Crippen LogP contribution in [0.15, 0.2) is 97.1 Å². The van der Waals surface area contributed by atoms with Gasteiger partial charge in [0.05, 0.1) is 12.7 Å². The smallest absolute Gasteiger partial charge is 0.185 e. The molecule has 4 aromatic rings. The van der Waals surface area contributed by atoms with Gasteiger partial charge in [0, 0.05) is 22.3 Å². The van der Waals surface area contributed by atoms with Crippen molar-refractivity contribution in [2.45, 2.75) is 5.60 Å². The number of fused-ring (bicyclic) bond motifs is 2. The fourth-order valence-corrected chi connectivity index (χ4v) is 3.86. The molecule has 0 aliphatic carbocycles. The van der Waals surface area contributed by atoms with Gasteiger partial charge in [0.2, 0.25) is 0 Å². The number of ether oxygens (including phenoxy) is 2. The van der Waals surface area contributed by atoms with Crippen LogP contribution < -0.4 is 9.47 Å². The van der Waals surface area contributed by atoms with Gasteiger partial charge in [-0.1, -0.05) is 78.3 Å². The maximum atomic E-state index is 12.2. The number of hydrogen-bond donors (Lipinski definition) is 1. The van der Waals surface area contributed by atoms with Gasteiger partial charge in [-0.05, 0) is 42.5 Å². The lowest BCUT2D eigenvalue weighted by Gasteiger charge is -2.33. The molecular weight excluding hydrogens is 408 g/mol. The number of hydrogen-bond acceptors (Lipinski definition) is 3. The number of methoxy groups -OCH3 is 1. The molecule has 0 aromatic heterocycles. The van der Waals surface area contributed by atoms with Crippen molar-refractivity contribution in [3.8, 4) is 40.9 Å². The van der Waals surface area contributed by atoms with E-state index in [0.717, 1.165) is 11.1 Å². The molecule has 1 aliphatic heterocycles. The minimum Gasteiger partial charge on any atom is -0.493 e. The molecule has 1 N–H and O–H groups in total. The summed E-state index contributed by atoms with van der Waals surface area (Å²) in [5, 5.41) is 12.2. The zero-order valence-electron chi connectivity index (χ0n) is 18.0. The molecule has 0 bridgehead atoms. The molecule has 1 atom stereocenters. The first-order chi connectivity index (χ1) is 16.2. The van der Waals surface area contributed by atoms with E-state index in [9.17, 15) is 5.11 Å². The van der Waals surface area contributed by atoms with Crippen molar-refractivity contribution in [3.05, 3.63) is 125 Å². The van der Waals surface area contributed by atoms with Gasteiger partial charge in [-0.3, -0.25) is 0 Å². The van der Waals surface area contributed by atoms with Crippen molar-refractivity contribution in [1.82, 2.24) is 0 Å². The molecule has 4 aromatic carbocycles. The second-order valence-corrected chi connectivity index (χ2v) is 7.56. The van der Waals surface area contributed by atoms with E-state index >= 15 is 0 Å². The maximum absolute atomic E-state index is 12.2. The van der Waals surface area contributed by atoms with Crippen LogP contribution in [0.5, 0.6) is 17.2 Å². The lowest BCUT2D eigenvalue weighted by molar-refractivity contribution is 0.130. The summed E-state index contributed by atoms with van der Waals surface area (Å²) in [6.07, 6.45) is 0. The Morgan fingerprint density at radius 2 is 1.36 bits per heavy atom. The van der Waals surface area contributed by atoms with Gasteiger partial charge < -0.3 is 14.6 Å². The largest absolute Gasteiger partial charge is 0.493 e. The number of aliphatic hydroxyl groups is 1. The Bertz CT molecular complexity index is 1430. The summed E-state index contributed by atoms with van der Waals surface area (Å²) in [6, 6.07) is 30.3. The van der Waals surface area contributed by atoms with E-state index in [-0.39, 0.29) is 0 Å². The standard InChI is InChI=1S/C30H20O3/c1-32-27-19-18-24(17-16-22-10-4-2-5-11-22)28-29(27)33-26-15-9-8-14-25(26)30(28,31)21-20-23-12-6-3-7-13-23/h2-15,18-19,31H,1H3. The number of benzene rings is 4. The summed E-state index contributed by atoms with van der Waals surface area (Å²) in [4.78, 5) is 0. The van der Waals surface area contributed by atoms with Gasteiger partial charge in [-0.15, -0.1) is 0 Å². The summed E-state index contributed by atoms with van der Waals surface area (Å²) < 4.78 is 11.8. The highest BCUT2D eigenvalue weighted by Crippen LogP contribution is 2.51. The lowest BCUT2D eigenvalue weighted by Crippen LogP contribution is -2.31. The molecule has 0 amide bonds. The first kappa shape index (κ1) is 20.5. The van der Waals surface area contributed by atoms with E-state index in [2.05, 4.69) is 23.7 Å². The summed E-state index contributed by atoms with van der Waals surface area (Å²) in [5.41, 5.74) is 1.70. The first-order valence-corrected chi connectivity index (χ1v) is 10.6. The first-order valence-electron chi connectivity index (χ1n) is 10.6. The monoisotopic (exact) mass is 428 g/mol. The average Bonchev–Trinajstić information content (AvgIpc) is 2.87. The van der Waals surface area contributed by atoms with Crippen LogP contribution in [-0.2, 0) is 5.60 Å². The van der Waals surface area contributed by atoms with Gasteiger partial charge in [-0.2, -0.15) is 0 Å². The minimum atomic E-state index is -1.64. The van der Waals surface area contributed by atoms with Crippen LogP contribution in [0.3, 0.4) is 0 Å². The Kier molecular flexibility index (Phi) is 5.33. The fourth-order valence-electron chi connectivity index (χ4n) is 3.86. The van der Waals surface area contributed by atoms with Crippen LogP contribution in [0.25, 0.3) is 0 Å². The molecule has 0 fully saturated rings. The zero-order valence-corrected chi connectivity index (χ0v) is 18.0. The molecule has 1 unspecified atom stereocenters. The van der Waals surface area contributed by atoms with Gasteiger partial charge in [0.15, 0.2) is 17.1 Å². The van der Waals surface area contributed by atoms with E-state index in [4.69, 9.17) is 9.47 Å². The van der Waals surface area contributed by atoms with Crippen LogP contribution in [-0.4, -0.2) is 12.2 Å². The van der Waals surface area contributed by atoms with Crippen molar-refractivity contribution in [3.63, 3.8) is 0 Å². The molecule has 0 radical (unpaired) electrons. The zero-order chi connectivity index (χ0) is 22.7. The second kappa shape index (κ2) is 8.60. The molecule has 158 valence electrons. The molecule has 0 saturated heterocycles. The minimum absolute atomic E-state index is 0.418. The molecule has 1 heterocycles. The van der Waals surface area contributed by atoms with E-state index < -0.39 is 5.60 Å². The highest BCUT2D eigenvalue weighted by molar-refractivity contribution is 5.69. The summed E-state index contributed by atoms with van der Waals surface area (Å²) in [7, 11) is 1.57. The third-order valence-corrected chi connectivity index (χ3v) is 5.47. The van der Waals surface area contributed by atoms with Crippen LogP contribution in [0.2, 0.25) is 0 Å². The molecule has 0 spiro atoms. The summed E-state index contributed by atoms with van der Waals surface area (Å²) in [6.45, 7) is 0. The SMILES string of the molecule is COc1ccc(C#Cc2ccccc2)c2c1Oc1ccccc1C2(O)C#Cc1ccccc1. The van der Waals surface area contributed by atoms with Crippen molar-refractivity contribution in [1.29, 1.82) is 0 Å². The molecule has 5 rings (SSSR count). The predicted molar refractivity (Wildman–Crippen MR) is 128 cm³/mol. The van der Waals surface area contributed by atoms with E-state index in [1.54, 1.807) is 13.2 Å². The third-order valence-electron chi connectivity index (χ3n) is 5.47. The van der Waals surface area contributed by atoms with Crippen LogP contribution >= 0.6 is 0 Å². The van der Waals surface area contributed by atoms with Gasteiger partial charge in [-0.25, -0.2) is 0 Å². The quantitative estimate of drug-likeness (QED) is 0.408. The topological polar surface area (TPSA) is 38.7 Å². The summed E-state index contributed by atoms with van der Waals surface area (Å²) >= 11 is 0. The van der Waals surface area contributed by atoms with E-state index in [1.165, 1.54) is 0 Å². The average molecular weight is 428 g/mol. The van der Waals surface area contributed by atoms with Crippen molar-refractivity contribution < 1.29 is 14.6 Å². The molecule has 0 saturated carbocycles. The van der Waals surface area contributed by atoms with Crippen molar-refractivity contribution in [2.24, 2.45) is 0 Å². The van der Waals surface area contributed by atoms with E-state index in [0.29, 0.717) is 33.9 Å². The Balaban J connectivity index is 1.76. The summed E-state index contributed by atoms with van der Waals surface area (Å²) in [5.74, 6) is 14.1. The van der Waals surface area contributed by atoms with Crippen molar-refractivity contribution >= 4 is 0 Å². The van der Waals surface area contributed by atoms with Gasteiger partial charge in [0.1, 0.15) is 5.75 Å². The number of rotatable bonds is 1. The van der Waals surface area contributed by atoms with Gasteiger partial charge in [0.25, 0.3) is 0 Å². The molecule has 3 nitrogen and oxygen atoms in total. The third kappa shape index (κ3) is 3.83. The molecule has 33 heavy (non-hydrogen) atoms. The Morgan fingerprint density at radius 1 is 0.727 bits per heavy atom. The highest BCUT2D eigenvalue weighted by Gasteiger charge is 2.42. The molecule has 3 heteroatoms. The van der Waals surface area contributed by atoms with Crippen LogP contribution in [0.1, 0.15) is 27.8 Å². The number of para-hydroxylation sites is 1.